The maximum atomic E-state index is 13.3. The molecule has 5 rings (SSSR count). The van der Waals surface area contributed by atoms with Crippen molar-refractivity contribution in [2.45, 2.75) is 82.7 Å². The van der Waals surface area contributed by atoms with E-state index in [9.17, 15) is 19.5 Å². The van der Waals surface area contributed by atoms with E-state index in [-0.39, 0.29) is 17.5 Å². The highest BCUT2D eigenvalue weighted by atomic mass is 16.6. The standard InChI is InChI=1S/C31H36N4O5/c1-31(2,3)40-30(39)34-23(13-14-24(34)28(37)21-7-5-4-6-8-21)19-20-9-11-22(12-10-20)33-29(38)25-15-16-26-32-18-17-27(36)35(25)26/h4-12,17-18,23-25,28,37H,13-16,19H2,1-3H3,(H,33,38)/t23-,24+,25-,28+/m0/s1. The fourth-order valence-corrected chi connectivity index (χ4v) is 5.73. The van der Waals surface area contributed by atoms with Gasteiger partial charge in [0.2, 0.25) is 5.91 Å². The minimum Gasteiger partial charge on any atom is -0.444 e. The Bertz CT molecular complexity index is 1410. The number of aromatic nitrogens is 2. The average molecular weight is 545 g/mol. The molecule has 40 heavy (non-hydrogen) atoms. The van der Waals surface area contributed by atoms with Crippen LogP contribution in [0.3, 0.4) is 0 Å². The van der Waals surface area contributed by atoms with Crippen molar-refractivity contribution in [3.8, 4) is 0 Å². The zero-order valence-electron chi connectivity index (χ0n) is 23.1. The van der Waals surface area contributed by atoms with E-state index in [0.717, 1.165) is 17.5 Å². The molecule has 1 fully saturated rings. The van der Waals surface area contributed by atoms with Crippen molar-refractivity contribution in [1.82, 2.24) is 14.5 Å². The van der Waals surface area contributed by atoms with Crippen molar-refractivity contribution < 1.29 is 19.4 Å². The van der Waals surface area contributed by atoms with Gasteiger partial charge in [0, 0.05) is 30.4 Å². The molecule has 1 saturated heterocycles. The van der Waals surface area contributed by atoms with E-state index in [1.807, 2.05) is 75.4 Å². The molecule has 2 aromatic carbocycles. The van der Waals surface area contributed by atoms with Gasteiger partial charge in [0.05, 0.1) is 12.1 Å². The molecular formula is C31H36N4O5. The summed E-state index contributed by atoms with van der Waals surface area (Å²) in [5, 5.41) is 14.1. The Labute approximate surface area is 233 Å². The number of likely N-dealkylation sites (tertiary alicyclic amines) is 1. The summed E-state index contributed by atoms with van der Waals surface area (Å²) < 4.78 is 7.22. The molecule has 2 N–H and O–H groups in total. The number of amides is 2. The Balaban J connectivity index is 1.28. The number of aliphatic hydroxyl groups is 1. The van der Waals surface area contributed by atoms with Gasteiger partial charge in [0.25, 0.3) is 5.56 Å². The lowest BCUT2D eigenvalue weighted by atomic mass is 10.0. The Hall–Kier alpha value is -3.98. The summed E-state index contributed by atoms with van der Waals surface area (Å²) in [6.07, 6.45) is 3.33. The van der Waals surface area contributed by atoms with Crippen molar-refractivity contribution in [2.24, 2.45) is 0 Å². The zero-order chi connectivity index (χ0) is 28.4. The predicted molar refractivity (Wildman–Crippen MR) is 151 cm³/mol. The van der Waals surface area contributed by atoms with Gasteiger partial charge in [0.15, 0.2) is 0 Å². The number of carbonyl (C=O) groups is 2. The minimum atomic E-state index is -0.820. The maximum Gasteiger partial charge on any atom is 0.410 e. The first-order valence-corrected chi connectivity index (χ1v) is 13.8. The molecule has 3 heterocycles. The summed E-state index contributed by atoms with van der Waals surface area (Å²) in [4.78, 5) is 44.5. The first-order valence-electron chi connectivity index (χ1n) is 13.8. The highest BCUT2D eigenvalue weighted by Crippen LogP contribution is 2.36. The number of rotatable bonds is 6. The third-order valence-corrected chi connectivity index (χ3v) is 7.56. The van der Waals surface area contributed by atoms with Gasteiger partial charge >= 0.3 is 6.09 Å². The van der Waals surface area contributed by atoms with Crippen LogP contribution in [0.4, 0.5) is 10.5 Å². The quantitative estimate of drug-likeness (QED) is 0.475. The average Bonchev–Trinajstić information content (AvgIpc) is 3.54. The van der Waals surface area contributed by atoms with Gasteiger partial charge in [-0.25, -0.2) is 9.78 Å². The Morgan fingerprint density at radius 3 is 2.48 bits per heavy atom. The van der Waals surface area contributed by atoms with Crippen LogP contribution in [-0.2, 0) is 22.4 Å². The van der Waals surface area contributed by atoms with Gasteiger partial charge in [-0.15, -0.1) is 0 Å². The number of carbonyl (C=O) groups excluding carboxylic acids is 2. The molecule has 2 amide bonds. The van der Waals surface area contributed by atoms with E-state index < -0.39 is 29.9 Å². The second-order valence-electron chi connectivity index (χ2n) is 11.6. The highest BCUT2D eigenvalue weighted by molar-refractivity contribution is 5.94. The summed E-state index contributed by atoms with van der Waals surface area (Å²) in [6.45, 7) is 5.51. The van der Waals surface area contributed by atoms with Crippen molar-refractivity contribution >= 4 is 17.7 Å². The fraction of sp³-hybridized carbons (Fsp3) is 0.419. The number of benzene rings is 2. The second kappa shape index (κ2) is 11.3. The predicted octanol–water partition coefficient (Wildman–Crippen LogP) is 4.41. The van der Waals surface area contributed by atoms with E-state index in [1.165, 1.54) is 16.8 Å². The van der Waals surface area contributed by atoms with Crippen LogP contribution >= 0.6 is 0 Å². The van der Waals surface area contributed by atoms with Crippen molar-refractivity contribution in [3.63, 3.8) is 0 Å². The summed E-state index contributed by atoms with van der Waals surface area (Å²) >= 11 is 0. The summed E-state index contributed by atoms with van der Waals surface area (Å²) in [7, 11) is 0. The van der Waals surface area contributed by atoms with E-state index in [1.54, 1.807) is 4.90 Å². The topological polar surface area (TPSA) is 114 Å². The third kappa shape index (κ3) is 5.94. The third-order valence-electron chi connectivity index (χ3n) is 7.56. The van der Waals surface area contributed by atoms with Gasteiger partial charge in [-0.3, -0.25) is 19.1 Å². The van der Waals surface area contributed by atoms with Crippen LogP contribution in [-0.4, -0.2) is 49.2 Å². The maximum absolute atomic E-state index is 13.3. The van der Waals surface area contributed by atoms with Crippen LogP contribution in [0, 0.1) is 0 Å². The van der Waals surface area contributed by atoms with Gasteiger partial charge in [0.1, 0.15) is 17.5 Å². The lowest BCUT2D eigenvalue weighted by Crippen LogP contribution is -2.47. The molecule has 0 unspecified atom stereocenters. The molecule has 1 aromatic heterocycles. The molecule has 4 atom stereocenters. The van der Waals surface area contributed by atoms with E-state index >= 15 is 0 Å². The first-order chi connectivity index (χ1) is 19.1. The molecule has 0 spiro atoms. The highest BCUT2D eigenvalue weighted by Gasteiger charge is 2.43. The lowest BCUT2D eigenvalue weighted by molar-refractivity contribution is -0.119. The van der Waals surface area contributed by atoms with Crippen LogP contribution in [0.5, 0.6) is 0 Å². The van der Waals surface area contributed by atoms with E-state index in [2.05, 4.69) is 10.3 Å². The van der Waals surface area contributed by atoms with Crippen molar-refractivity contribution in [3.05, 3.63) is 94.2 Å². The normalized spacial score (nSPS) is 21.1. The summed E-state index contributed by atoms with van der Waals surface area (Å²) in [5.74, 6) is 0.385. The SMILES string of the molecule is CC(C)(C)OC(=O)N1[C@H](Cc2ccc(NC(=O)[C@@H]3CCc4nccc(=O)n43)cc2)CC[C@@H]1[C@H](O)c1ccccc1. The first kappa shape index (κ1) is 27.6. The second-order valence-corrected chi connectivity index (χ2v) is 11.6. The molecule has 0 bridgehead atoms. The Kier molecular flexibility index (Phi) is 7.76. The number of anilines is 1. The van der Waals surface area contributed by atoms with E-state index in [0.29, 0.717) is 37.2 Å². The number of aliphatic hydroxyl groups excluding tert-OH is 1. The molecule has 210 valence electrons. The van der Waals surface area contributed by atoms with Crippen LogP contribution in [0.25, 0.3) is 0 Å². The summed E-state index contributed by atoms with van der Waals surface area (Å²) in [5.41, 5.74) is 1.52. The molecule has 2 aliphatic heterocycles. The molecule has 0 aliphatic carbocycles. The largest absolute Gasteiger partial charge is 0.444 e. The van der Waals surface area contributed by atoms with Gasteiger partial charge in [-0.1, -0.05) is 42.5 Å². The lowest BCUT2D eigenvalue weighted by Gasteiger charge is -2.35. The molecule has 2 aliphatic rings. The number of nitrogens with one attached hydrogen (secondary N) is 1. The van der Waals surface area contributed by atoms with Gasteiger partial charge < -0.3 is 15.2 Å². The Morgan fingerprint density at radius 2 is 1.77 bits per heavy atom. The molecule has 0 saturated carbocycles. The fourth-order valence-electron chi connectivity index (χ4n) is 5.73. The molecule has 9 heteroatoms. The number of ether oxygens (including phenoxy) is 1. The van der Waals surface area contributed by atoms with Crippen molar-refractivity contribution in [2.75, 3.05) is 5.32 Å². The number of nitrogens with zero attached hydrogens (tertiary/aromatic N) is 3. The smallest absolute Gasteiger partial charge is 0.410 e. The van der Waals surface area contributed by atoms with Gasteiger partial charge in [-0.05, 0) is 69.7 Å². The number of aryl methyl sites for hydroxylation is 1. The van der Waals surface area contributed by atoms with Crippen LogP contribution in [0.2, 0.25) is 0 Å². The van der Waals surface area contributed by atoms with Crippen LogP contribution < -0.4 is 10.9 Å². The molecule has 3 aromatic rings. The Morgan fingerprint density at radius 1 is 1.05 bits per heavy atom. The number of hydrogen-bond donors (Lipinski definition) is 2. The van der Waals surface area contributed by atoms with Crippen molar-refractivity contribution in [1.29, 1.82) is 0 Å². The number of fused-ring (bicyclic) bond motifs is 1. The number of hydrogen-bond acceptors (Lipinski definition) is 6. The van der Waals surface area contributed by atoms with Crippen LogP contribution in [0.1, 0.15) is 69.1 Å². The molecule has 9 nitrogen and oxygen atoms in total. The summed E-state index contributed by atoms with van der Waals surface area (Å²) in [6, 6.07) is 17.2. The monoisotopic (exact) mass is 544 g/mol. The van der Waals surface area contributed by atoms with Crippen LogP contribution in [0.15, 0.2) is 71.7 Å². The zero-order valence-corrected chi connectivity index (χ0v) is 23.1. The van der Waals surface area contributed by atoms with E-state index in [4.69, 9.17) is 4.74 Å². The molecular weight excluding hydrogens is 508 g/mol. The molecule has 0 radical (unpaired) electrons. The minimum absolute atomic E-state index is 0.145. The van der Waals surface area contributed by atoms with Gasteiger partial charge in [-0.2, -0.15) is 0 Å².